The number of morpholine rings is 1. The number of hydrogen-bond acceptors (Lipinski definition) is 4. The summed E-state index contributed by atoms with van der Waals surface area (Å²) in [6.45, 7) is 7.27. The molecule has 0 spiro atoms. The summed E-state index contributed by atoms with van der Waals surface area (Å²) in [7, 11) is 0. The molecule has 0 bridgehead atoms. The van der Waals surface area contributed by atoms with Gasteiger partial charge in [-0.25, -0.2) is 0 Å². The number of hydrogen-bond donors (Lipinski definition) is 1. The maximum atomic E-state index is 5.99. The fourth-order valence-electron chi connectivity index (χ4n) is 2.32. The van der Waals surface area contributed by atoms with Crippen molar-refractivity contribution in [3.05, 3.63) is 28.2 Å². The van der Waals surface area contributed by atoms with E-state index in [2.05, 4.69) is 26.9 Å². The van der Waals surface area contributed by atoms with Gasteiger partial charge in [-0.15, -0.1) is 0 Å². The first-order chi connectivity index (χ1) is 9.66. The van der Waals surface area contributed by atoms with Crippen molar-refractivity contribution in [3.8, 4) is 5.75 Å². The van der Waals surface area contributed by atoms with E-state index in [1.54, 1.807) is 0 Å². The van der Waals surface area contributed by atoms with Gasteiger partial charge in [0.15, 0.2) is 0 Å². The average Bonchev–Trinajstić information content (AvgIpc) is 2.42. The molecule has 1 unspecified atom stereocenters. The van der Waals surface area contributed by atoms with Gasteiger partial charge in [-0.1, -0.05) is 12.1 Å². The van der Waals surface area contributed by atoms with Crippen LogP contribution in [0, 0.1) is 0 Å². The van der Waals surface area contributed by atoms with Crippen molar-refractivity contribution in [1.29, 1.82) is 0 Å². The topological polar surface area (TPSA) is 47.7 Å². The standard InChI is InChI=1S/C15H23BrN2O2/c1-12(17)11-13-3-2-4-14(16)15(13)20-10-7-18-5-8-19-9-6-18/h2-4,12H,5-11,17H2,1H3. The van der Waals surface area contributed by atoms with Crippen LogP contribution in [0.3, 0.4) is 0 Å². The van der Waals surface area contributed by atoms with Crippen LogP contribution in [0.1, 0.15) is 12.5 Å². The van der Waals surface area contributed by atoms with Gasteiger partial charge in [0.25, 0.3) is 0 Å². The van der Waals surface area contributed by atoms with Crippen molar-refractivity contribution in [2.45, 2.75) is 19.4 Å². The molecule has 1 aliphatic rings. The molecule has 1 aromatic carbocycles. The fraction of sp³-hybridized carbons (Fsp3) is 0.600. The molecule has 4 nitrogen and oxygen atoms in total. The molecule has 1 heterocycles. The van der Waals surface area contributed by atoms with E-state index in [4.69, 9.17) is 15.2 Å². The lowest BCUT2D eigenvalue weighted by molar-refractivity contribution is 0.0321. The molecule has 0 amide bonds. The highest BCUT2D eigenvalue weighted by atomic mass is 79.9. The summed E-state index contributed by atoms with van der Waals surface area (Å²) >= 11 is 3.56. The van der Waals surface area contributed by atoms with Crippen LogP contribution in [0.15, 0.2) is 22.7 Å². The molecule has 1 atom stereocenters. The SMILES string of the molecule is CC(N)Cc1cccc(Br)c1OCCN1CCOCC1. The zero-order valence-electron chi connectivity index (χ0n) is 12.0. The number of nitrogens with zero attached hydrogens (tertiary/aromatic N) is 1. The maximum Gasteiger partial charge on any atom is 0.136 e. The number of ether oxygens (including phenoxy) is 2. The highest BCUT2D eigenvalue weighted by Crippen LogP contribution is 2.29. The summed E-state index contributed by atoms with van der Waals surface area (Å²) in [5.74, 6) is 0.929. The molecule has 0 aromatic heterocycles. The summed E-state index contributed by atoms with van der Waals surface area (Å²) in [5.41, 5.74) is 7.06. The first kappa shape index (κ1) is 15.8. The minimum atomic E-state index is 0.130. The molecule has 112 valence electrons. The van der Waals surface area contributed by atoms with Gasteiger partial charge in [-0.05, 0) is 40.9 Å². The predicted octanol–water partition coefficient (Wildman–Crippen LogP) is 2.05. The molecule has 0 saturated carbocycles. The molecule has 20 heavy (non-hydrogen) atoms. The van der Waals surface area contributed by atoms with Gasteiger partial charge in [0.2, 0.25) is 0 Å². The van der Waals surface area contributed by atoms with E-state index in [0.717, 1.165) is 55.1 Å². The van der Waals surface area contributed by atoms with Crippen LogP contribution >= 0.6 is 15.9 Å². The number of rotatable bonds is 6. The maximum absolute atomic E-state index is 5.99. The van der Waals surface area contributed by atoms with Crippen molar-refractivity contribution in [3.63, 3.8) is 0 Å². The molecule has 5 heteroatoms. The fourth-order valence-corrected chi connectivity index (χ4v) is 2.85. The van der Waals surface area contributed by atoms with E-state index in [9.17, 15) is 0 Å². The van der Waals surface area contributed by atoms with Gasteiger partial charge < -0.3 is 15.2 Å². The van der Waals surface area contributed by atoms with Crippen LogP contribution in [-0.2, 0) is 11.2 Å². The molecular weight excluding hydrogens is 320 g/mol. The molecule has 2 rings (SSSR count). The van der Waals surface area contributed by atoms with Gasteiger partial charge in [-0.3, -0.25) is 4.90 Å². The van der Waals surface area contributed by atoms with Gasteiger partial charge in [0.1, 0.15) is 12.4 Å². The number of para-hydroxylation sites is 1. The molecule has 1 aromatic rings. The van der Waals surface area contributed by atoms with Crippen molar-refractivity contribution in [1.82, 2.24) is 4.90 Å². The van der Waals surface area contributed by atoms with Crippen LogP contribution in [-0.4, -0.2) is 50.4 Å². The number of nitrogens with two attached hydrogens (primary N) is 1. The van der Waals surface area contributed by atoms with Gasteiger partial charge in [0, 0.05) is 25.7 Å². The Bertz CT molecular complexity index is 420. The van der Waals surface area contributed by atoms with Crippen LogP contribution in [0.5, 0.6) is 5.75 Å². The van der Waals surface area contributed by atoms with Crippen molar-refractivity contribution in [2.24, 2.45) is 5.73 Å². The van der Waals surface area contributed by atoms with E-state index in [0.29, 0.717) is 6.61 Å². The van der Waals surface area contributed by atoms with Gasteiger partial charge >= 0.3 is 0 Å². The Morgan fingerprint density at radius 1 is 1.40 bits per heavy atom. The Morgan fingerprint density at radius 3 is 2.85 bits per heavy atom. The number of benzene rings is 1. The van der Waals surface area contributed by atoms with E-state index >= 15 is 0 Å². The Balaban J connectivity index is 1.90. The molecule has 1 fully saturated rings. The van der Waals surface area contributed by atoms with Gasteiger partial charge in [0.05, 0.1) is 17.7 Å². The van der Waals surface area contributed by atoms with Crippen LogP contribution < -0.4 is 10.5 Å². The first-order valence-electron chi connectivity index (χ1n) is 7.12. The Hall–Kier alpha value is -0.620. The second kappa shape index (κ2) is 7.98. The van der Waals surface area contributed by atoms with Crippen molar-refractivity contribution in [2.75, 3.05) is 39.5 Å². The Kier molecular flexibility index (Phi) is 6.29. The van der Waals surface area contributed by atoms with Crippen LogP contribution in [0.25, 0.3) is 0 Å². The normalized spacial score (nSPS) is 17.9. The summed E-state index contributed by atoms with van der Waals surface area (Å²) in [6, 6.07) is 6.25. The van der Waals surface area contributed by atoms with E-state index in [-0.39, 0.29) is 6.04 Å². The molecule has 1 aliphatic heterocycles. The van der Waals surface area contributed by atoms with Crippen molar-refractivity contribution < 1.29 is 9.47 Å². The van der Waals surface area contributed by atoms with Crippen molar-refractivity contribution >= 4 is 15.9 Å². The summed E-state index contributed by atoms with van der Waals surface area (Å²) < 4.78 is 12.3. The minimum absolute atomic E-state index is 0.130. The zero-order valence-corrected chi connectivity index (χ0v) is 13.6. The molecule has 1 saturated heterocycles. The molecular formula is C15H23BrN2O2. The first-order valence-corrected chi connectivity index (χ1v) is 7.92. The van der Waals surface area contributed by atoms with Crippen LogP contribution in [0.4, 0.5) is 0 Å². The molecule has 2 N–H and O–H groups in total. The second-order valence-electron chi connectivity index (χ2n) is 5.21. The minimum Gasteiger partial charge on any atom is -0.491 e. The summed E-state index contributed by atoms with van der Waals surface area (Å²) in [5, 5.41) is 0. The number of halogens is 1. The van der Waals surface area contributed by atoms with E-state index in [1.165, 1.54) is 0 Å². The highest BCUT2D eigenvalue weighted by molar-refractivity contribution is 9.10. The van der Waals surface area contributed by atoms with Crippen LogP contribution in [0.2, 0.25) is 0 Å². The van der Waals surface area contributed by atoms with E-state index < -0.39 is 0 Å². The lowest BCUT2D eigenvalue weighted by atomic mass is 10.1. The monoisotopic (exact) mass is 342 g/mol. The third-order valence-electron chi connectivity index (χ3n) is 3.35. The zero-order chi connectivity index (χ0) is 14.4. The van der Waals surface area contributed by atoms with E-state index in [1.807, 2.05) is 19.1 Å². The highest BCUT2D eigenvalue weighted by Gasteiger charge is 2.12. The quantitative estimate of drug-likeness (QED) is 0.859. The third kappa shape index (κ3) is 4.74. The summed E-state index contributed by atoms with van der Waals surface area (Å²) in [4.78, 5) is 2.37. The smallest absolute Gasteiger partial charge is 0.136 e. The third-order valence-corrected chi connectivity index (χ3v) is 3.97. The van der Waals surface area contributed by atoms with Gasteiger partial charge in [-0.2, -0.15) is 0 Å². The molecule has 0 aliphatic carbocycles. The predicted molar refractivity (Wildman–Crippen MR) is 84.2 cm³/mol. The average molecular weight is 343 g/mol. The summed E-state index contributed by atoms with van der Waals surface area (Å²) in [6.07, 6.45) is 0.826. The Morgan fingerprint density at radius 2 is 2.15 bits per heavy atom. The largest absolute Gasteiger partial charge is 0.491 e. The Labute approximate surface area is 129 Å². The second-order valence-corrected chi connectivity index (χ2v) is 6.07. The lowest BCUT2D eigenvalue weighted by Gasteiger charge is -2.26. The lowest BCUT2D eigenvalue weighted by Crippen LogP contribution is -2.38. The molecule has 0 radical (unpaired) electrons.